The molecule has 168 valence electrons. The summed E-state index contributed by atoms with van der Waals surface area (Å²) in [6.45, 7) is 6.45. The summed E-state index contributed by atoms with van der Waals surface area (Å²) in [5, 5.41) is 2.35. The highest BCUT2D eigenvalue weighted by Crippen LogP contribution is 2.38. The van der Waals surface area contributed by atoms with E-state index in [9.17, 15) is 13.8 Å². The average molecular weight is 455 g/mol. The number of pyridine rings is 1. The summed E-state index contributed by atoms with van der Waals surface area (Å²) in [6, 6.07) is 6.72. The second-order valence-corrected chi connectivity index (χ2v) is 9.43. The normalized spacial score (nSPS) is 14.8. The van der Waals surface area contributed by atoms with Gasteiger partial charge in [-0.25, -0.2) is 14.0 Å². The number of methoxy groups -OCH3 is 1. The Morgan fingerprint density at radius 2 is 1.97 bits per heavy atom. The Morgan fingerprint density at radius 3 is 2.53 bits per heavy atom. The minimum Gasteiger partial charge on any atom is -0.495 e. The lowest BCUT2D eigenvalue weighted by atomic mass is 9.84. The van der Waals surface area contributed by atoms with E-state index in [1.54, 1.807) is 31.5 Å². The Hall–Kier alpha value is -3.38. The highest BCUT2D eigenvalue weighted by atomic mass is 32.2. The fourth-order valence-electron chi connectivity index (χ4n) is 3.28. The van der Waals surface area contributed by atoms with Gasteiger partial charge in [0.15, 0.2) is 0 Å². The Bertz CT molecular complexity index is 1130. The summed E-state index contributed by atoms with van der Waals surface area (Å²) in [5.74, 6) is 6.48. The summed E-state index contributed by atoms with van der Waals surface area (Å²) in [7, 11) is 0.405. The first-order chi connectivity index (χ1) is 15.1. The van der Waals surface area contributed by atoms with E-state index >= 15 is 0 Å². The maximum absolute atomic E-state index is 12.4. The van der Waals surface area contributed by atoms with Gasteiger partial charge in [-0.2, -0.15) is 0 Å². The quantitative estimate of drug-likeness (QED) is 0.692. The van der Waals surface area contributed by atoms with Gasteiger partial charge < -0.3 is 9.46 Å². The molecule has 1 aliphatic rings. The maximum Gasteiger partial charge on any atom is 0.328 e. The third kappa shape index (κ3) is 5.45. The topological polar surface area (TPSA) is 101 Å². The number of urea groups is 1. The molecule has 1 aromatic carbocycles. The fraction of sp³-hybridized carbons (Fsp3) is 0.348. The highest BCUT2D eigenvalue weighted by Gasteiger charge is 2.28. The summed E-state index contributed by atoms with van der Waals surface area (Å²) in [4.78, 5) is 29.8. The standard InChI is InChI=1S/C23H26N4O4S/c1-23(2,3)19-13-18(27-11-10-20(28)25-22(27)29)12-15(21(19)31-4)6-7-16-8-9-17(14-24-16)26-32(5)30/h8-9,12-14,26H,10-11H2,1-5H3,(H,25,28,29). The van der Waals surface area contributed by atoms with Gasteiger partial charge in [-0.15, -0.1) is 0 Å². The monoisotopic (exact) mass is 454 g/mol. The molecule has 1 atom stereocenters. The number of amides is 3. The molecule has 0 saturated carbocycles. The van der Waals surface area contributed by atoms with Crippen LogP contribution in [0, 0.1) is 11.8 Å². The van der Waals surface area contributed by atoms with E-state index in [0.29, 0.717) is 34.9 Å². The van der Waals surface area contributed by atoms with Crippen LogP contribution in [-0.2, 0) is 21.2 Å². The molecule has 1 fully saturated rings. The highest BCUT2D eigenvalue weighted by molar-refractivity contribution is 7.85. The number of carbonyl (C=O) groups excluding carboxylic acids is 2. The number of hydrogen-bond acceptors (Lipinski definition) is 5. The van der Waals surface area contributed by atoms with E-state index in [2.05, 4.69) is 47.6 Å². The van der Waals surface area contributed by atoms with E-state index < -0.39 is 17.0 Å². The third-order valence-electron chi connectivity index (χ3n) is 4.80. The Balaban J connectivity index is 2.04. The molecule has 3 amide bonds. The molecule has 2 N–H and O–H groups in total. The molecule has 9 heteroatoms. The summed E-state index contributed by atoms with van der Waals surface area (Å²) < 4.78 is 19.7. The number of anilines is 2. The smallest absolute Gasteiger partial charge is 0.328 e. The van der Waals surface area contributed by atoms with Crippen LogP contribution in [0.25, 0.3) is 0 Å². The van der Waals surface area contributed by atoms with Crippen LogP contribution < -0.4 is 19.7 Å². The van der Waals surface area contributed by atoms with Gasteiger partial charge in [0.05, 0.1) is 24.6 Å². The molecule has 1 unspecified atom stereocenters. The maximum atomic E-state index is 12.4. The molecule has 0 aliphatic carbocycles. The zero-order valence-corrected chi connectivity index (χ0v) is 19.6. The zero-order valence-electron chi connectivity index (χ0n) is 18.7. The van der Waals surface area contributed by atoms with E-state index in [0.717, 1.165) is 5.56 Å². The van der Waals surface area contributed by atoms with Gasteiger partial charge in [-0.05, 0) is 35.6 Å². The lowest BCUT2D eigenvalue weighted by Gasteiger charge is -2.30. The van der Waals surface area contributed by atoms with Gasteiger partial charge >= 0.3 is 6.03 Å². The number of nitrogens with zero attached hydrogens (tertiary/aromatic N) is 2. The van der Waals surface area contributed by atoms with Crippen molar-refractivity contribution >= 4 is 34.3 Å². The Labute approximate surface area is 190 Å². The van der Waals surface area contributed by atoms with Crippen molar-refractivity contribution in [3.8, 4) is 17.6 Å². The van der Waals surface area contributed by atoms with Crippen LogP contribution in [0.15, 0.2) is 30.5 Å². The molecule has 32 heavy (non-hydrogen) atoms. The number of rotatable bonds is 4. The van der Waals surface area contributed by atoms with Crippen molar-refractivity contribution in [3.63, 3.8) is 0 Å². The second-order valence-electron chi connectivity index (χ2n) is 8.32. The lowest BCUT2D eigenvalue weighted by Crippen LogP contribution is -2.49. The molecule has 2 heterocycles. The van der Waals surface area contributed by atoms with Crippen LogP contribution in [0.2, 0.25) is 0 Å². The first-order valence-corrected chi connectivity index (χ1v) is 11.6. The number of ether oxygens (including phenoxy) is 1. The van der Waals surface area contributed by atoms with Crippen molar-refractivity contribution < 1.29 is 18.5 Å². The van der Waals surface area contributed by atoms with Crippen LogP contribution >= 0.6 is 0 Å². The van der Waals surface area contributed by atoms with E-state index in [1.165, 1.54) is 11.2 Å². The Morgan fingerprint density at radius 1 is 1.22 bits per heavy atom. The Kier molecular flexibility index (Phi) is 6.84. The number of benzene rings is 1. The minimum atomic E-state index is -1.18. The molecule has 0 spiro atoms. The fourth-order valence-corrected chi connectivity index (χ4v) is 3.73. The zero-order chi connectivity index (χ0) is 23.5. The summed E-state index contributed by atoms with van der Waals surface area (Å²) >= 11 is 0. The number of aromatic nitrogens is 1. The summed E-state index contributed by atoms with van der Waals surface area (Å²) in [6.07, 6.45) is 3.34. The first kappa shape index (κ1) is 23.3. The van der Waals surface area contributed by atoms with Gasteiger partial charge in [0.2, 0.25) is 5.91 Å². The third-order valence-corrected chi connectivity index (χ3v) is 5.32. The number of nitrogens with one attached hydrogen (secondary N) is 2. The van der Waals surface area contributed by atoms with Gasteiger partial charge in [0.1, 0.15) is 22.4 Å². The van der Waals surface area contributed by atoms with Crippen LogP contribution in [0.5, 0.6) is 5.75 Å². The van der Waals surface area contributed by atoms with Crippen LogP contribution in [0.3, 0.4) is 0 Å². The molecular weight excluding hydrogens is 428 g/mol. The van der Waals surface area contributed by atoms with Crippen LogP contribution in [0.4, 0.5) is 16.2 Å². The van der Waals surface area contributed by atoms with Gasteiger partial charge in [0.25, 0.3) is 0 Å². The number of carbonyl (C=O) groups is 2. The molecule has 1 aromatic heterocycles. The van der Waals surface area contributed by atoms with Crippen molar-refractivity contribution in [1.82, 2.24) is 10.3 Å². The van der Waals surface area contributed by atoms with Gasteiger partial charge in [-0.3, -0.25) is 15.0 Å². The van der Waals surface area contributed by atoms with Gasteiger partial charge in [0, 0.05) is 30.5 Å². The van der Waals surface area contributed by atoms with E-state index in [1.807, 2.05) is 6.07 Å². The van der Waals surface area contributed by atoms with Crippen molar-refractivity contribution in [2.24, 2.45) is 0 Å². The lowest BCUT2D eigenvalue weighted by molar-refractivity contribution is -0.120. The molecule has 0 radical (unpaired) electrons. The van der Waals surface area contributed by atoms with Crippen LogP contribution in [0.1, 0.15) is 44.0 Å². The molecule has 8 nitrogen and oxygen atoms in total. The van der Waals surface area contributed by atoms with Crippen LogP contribution in [-0.4, -0.2) is 41.0 Å². The van der Waals surface area contributed by atoms with Crippen molar-refractivity contribution in [1.29, 1.82) is 0 Å². The predicted molar refractivity (Wildman–Crippen MR) is 125 cm³/mol. The predicted octanol–water partition coefficient (Wildman–Crippen LogP) is 2.94. The molecule has 0 bridgehead atoms. The largest absolute Gasteiger partial charge is 0.495 e. The molecule has 1 saturated heterocycles. The minimum absolute atomic E-state index is 0.233. The van der Waals surface area contributed by atoms with E-state index in [-0.39, 0.29) is 17.7 Å². The SMILES string of the molecule is COc1c(C#Cc2ccc(NS(C)=O)cn2)cc(N2CCC(=O)NC2=O)cc1C(C)(C)C. The number of imide groups is 1. The first-order valence-electron chi connectivity index (χ1n) is 10.0. The molecule has 1 aliphatic heterocycles. The molecular formula is C23H26N4O4S. The molecule has 3 rings (SSSR count). The van der Waals surface area contributed by atoms with E-state index in [4.69, 9.17) is 4.74 Å². The van der Waals surface area contributed by atoms with Gasteiger partial charge in [-0.1, -0.05) is 26.7 Å². The van der Waals surface area contributed by atoms with Crippen molar-refractivity contribution in [2.75, 3.05) is 29.5 Å². The number of hydrogen-bond donors (Lipinski definition) is 2. The average Bonchev–Trinajstić information content (AvgIpc) is 2.71. The molecule has 2 aromatic rings. The second kappa shape index (κ2) is 9.40. The van der Waals surface area contributed by atoms with Crippen molar-refractivity contribution in [3.05, 3.63) is 47.3 Å². The summed E-state index contributed by atoms with van der Waals surface area (Å²) in [5.41, 5.74) is 3.03. The van der Waals surface area contributed by atoms with Crippen molar-refractivity contribution in [2.45, 2.75) is 32.6 Å².